The van der Waals surface area contributed by atoms with E-state index < -0.39 is 0 Å². The molecule has 8 heteroatoms. The number of imidazole rings is 1. The third kappa shape index (κ3) is 2.59. The SMILES string of the molecule is CNc1nnc(C(=O)N(C)Cc2ncc[nH]2)s1. The minimum atomic E-state index is -0.166. The number of carbonyl (C=O) groups is 1. The zero-order chi connectivity index (χ0) is 12.3. The molecular weight excluding hydrogens is 240 g/mol. The minimum absolute atomic E-state index is 0.166. The average molecular weight is 252 g/mol. The van der Waals surface area contributed by atoms with Crippen molar-refractivity contribution in [1.29, 1.82) is 0 Å². The van der Waals surface area contributed by atoms with Gasteiger partial charge in [0.05, 0.1) is 6.54 Å². The van der Waals surface area contributed by atoms with Crippen molar-refractivity contribution >= 4 is 22.4 Å². The van der Waals surface area contributed by atoms with Crippen LogP contribution in [0.15, 0.2) is 12.4 Å². The second kappa shape index (κ2) is 4.91. The van der Waals surface area contributed by atoms with Gasteiger partial charge in [0.25, 0.3) is 5.91 Å². The van der Waals surface area contributed by atoms with Crippen LogP contribution in [0.5, 0.6) is 0 Å². The molecule has 0 unspecified atom stereocenters. The number of nitrogens with zero attached hydrogens (tertiary/aromatic N) is 4. The summed E-state index contributed by atoms with van der Waals surface area (Å²) in [5.74, 6) is 0.569. The Labute approximate surface area is 102 Å². The Kier molecular flexibility index (Phi) is 3.33. The van der Waals surface area contributed by atoms with E-state index in [1.165, 1.54) is 11.3 Å². The molecule has 0 aliphatic heterocycles. The van der Waals surface area contributed by atoms with E-state index in [4.69, 9.17) is 0 Å². The molecule has 0 radical (unpaired) electrons. The van der Waals surface area contributed by atoms with Gasteiger partial charge in [0.1, 0.15) is 5.82 Å². The van der Waals surface area contributed by atoms with Crippen LogP contribution in [0.1, 0.15) is 15.6 Å². The first kappa shape index (κ1) is 11.5. The standard InChI is InChI=1S/C9H12N6OS/c1-10-9-14-13-7(17-9)8(16)15(2)5-6-11-3-4-12-6/h3-4H,5H2,1-2H3,(H,10,14)(H,11,12). The van der Waals surface area contributed by atoms with Crippen molar-refractivity contribution in [2.24, 2.45) is 0 Å². The van der Waals surface area contributed by atoms with Crippen LogP contribution >= 0.6 is 11.3 Å². The molecule has 2 N–H and O–H groups in total. The number of aromatic nitrogens is 4. The van der Waals surface area contributed by atoms with Gasteiger partial charge < -0.3 is 15.2 Å². The van der Waals surface area contributed by atoms with Crippen LogP contribution in [0.4, 0.5) is 5.13 Å². The maximum atomic E-state index is 12.0. The van der Waals surface area contributed by atoms with E-state index in [0.717, 1.165) is 5.82 Å². The van der Waals surface area contributed by atoms with Crippen LogP contribution < -0.4 is 5.32 Å². The number of hydrogen-bond donors (Lipinski definition) is 2. The lowest BCUT2D eigenvalue weighted by Gasteiger charge is -2.13. The quantitative estimate of drug-likeness (QED) is 0.831. The van der Waals surface area contributed by atoms with Gasteiger partial charge in [-0.3, -0.25) is 4.79 Å². The molecule has 2 heterocycles. The van der Waals surface area contributed by atoms with Gasteiger partial charge in [0.15, 0.2) is 0 Å². The first-order valence-electron chi connectivity index (χ1n) is 4.95. The number of H-pyrrole nitrogens is 1. The predicted molar refractivity (Wildman–Crippen MR) is 63.8 cm³/mol. The molecule has 0 atom stereocenters. The fourth-order valence-electron chi connectivity index (χ4n) is 1.25. The number of rotatable bonds is 4. The monoisotopic (exact) mass is 252 g/mol. The zero-order valence-corrected chi connectivity index (χ0v) is 10.3. The van der Waals surface area contributed by atoms with E-state index in [-0.39, 0.29) is 5.91 Å². The summed E-state index contributed by atoms with van der Waals surface area (Å²) in [7, 11) is 3.44. The Morgan fingerprint density at radius 3 is 3.00 bits per heavy atom. The topological polar surface area (TPSA) is 86.8 Å². The number of amides is 1. The van der Waals surface area contributed by atoms with Crippen LogP contribution in [-0.4, -0.2) is 45.1 Å². The lowest BCUT2D eigenvalue weighted by Crippen LogP contribution is -2.26. The van der Waals surface area contributed by atoms with Crippen LogP contribution in [0, 0.1) is 0 Å². The molecule has 0 aromatic carbocycles. The van der Waals surface area contributed by atoms with Crippen molar-refractivity contribution in [2.75, 3.05) is 19.4 Å². The molecule has 2 aromatic rings. The molecule has 0 bridgehead atoms. The summed E-state index contributed by atoms with van der Waals surface area (Å²) in [4.78, 5) is 20.5. The number of carbonyl (C=O) groups excluding carboxylic acids is 1. The second-order valence-electron chi connectivity index (χ2n) is 3.36. The van der Waals surface area contributed by atoms with Gasteiger partial charge in [-0.05, 0) is 0 Å². The van der Waals surface area contributed by atoms with Crippen LogP contribution in [0.2, 0.25) is 0 Å². The molecule has 2 rings (SSSR count). The summed E-state index contributed by atoms with van der Waals surface area (Å²) < 4.78 is 0. The van der Waals surface area contributed by atoms with Crippen LogP contribution in [0.25, 0.3) is 0 Å². The fraction of sp³-hybridized carbons (Fsp3) is 0.333. The van der Waals surface area contributed by atoms with Gasteiger partial charge in [-0.2, -0.15) is 0 Å². The van der Waals surface area contributed by atoms with Crippen LogP contribution in [-0.2, 0) is 6.54 Å². The molecule has 0 fully saturated rings. The summed E-state index contributed by atoms with van der Waals surface area (Å²) in [5, 5.41) is 11.5. The Morgan fingerprint density at radius 2 is 2.41 bits per heavy atom. The van der Waals surface area contributed by atoms with E-state index in [9.17, 15) is 4.79 Å². The molecule has 0 saturated heterocycles. The number of nitrogens with one attached hydrogen (secondary N) is 2. The summed E-state index contributed by atoms with van der Waals surface area (Å²) in [6.07, 6.45) is 3.37. The lowest BCUT2D eigenvalue weighted by molar-refractivity contribution is 0.0780. The Hall–Kier alpha value is -1.96. The summed E-state index contributed by atoms with van der Waals surface area (Å²) in [6, 6.07) is 0. The maximum absolute atomic E-state index is 12.0. The Morgan fingerprint density at radius 1 is 1.59 bits per heavy atom. The van der Waals surface area contributed by atoms with Crippen molar-refractivity contribution in [3.05, 3.63) is 23.2 Å². The predicted octanol–water partition coefficient (Wildman–Crippen LogP) is 0.575. The van der Waals surface area contributed by atoms with Crippen molar-refractivity contribution in [3.8, 4) is 0 Å². The van der Waals surface area contributed by atoms with Gasteiger partial charge in [-0.25, -0.2) is 4.98 Å². The minimum Gasteiger partial charge on any atom is -0.363 e. The first-order chi connectivity index (χ1) is 8.20. The molecular formula is C9H12N6OS. The van der Waals surface area contributed by atoms with Gasteiger partial charge in [0.2, 0.25) is 10.1 Å². The van der Waals surface area contributed by atoms with Crippen molar-refractivity contribution in [3.63, 3.8) is 0 Å². The normalized spacial score (nSPS) is 10.2. The van der Waals surface area contributed by atoms with E-state index >= 15 is 0 Å². The summed E-state index contributed by atoms with van der Waals surface area (Å²) in [6.45, 7) is 0.417. The van der Waals surface area contributed by atoms with E-state index in [0.29, 0.717) is 16.7 Å². The number of hydrogen-bond acceptors (Lipinski definition) is 6. The number of aromatic amines is 1. The van der Waals surface area contributed by atoms with Gasteiger partial charge in [-0.15, -0.1) is 10.2 Å². The van der Waals surface area contributed by atoms with Crippen molar-refractivity contribution < 1.29 is 4.79 Å². The highest BCUT2D eigenvalue weighted by molar-refractivity contribution is 7.17. The average Bonchev–Trinajstić information content (AvgIpc) is 2.98. The van der Waals surface area contributed by atoms with E-state index in [1.54, 1.807) is 31.4 Å². The second-order valence-corrected chi connectivity index (χ2v) is 4.34. The van der Waals surface area contributed by atoms with Gasteiger partial charge in [0, 0.05) is 26.5 Å². The highest BCUT2D eigenvalue weighted by Crippen LogP contribution is 2.16. The van der Waals surface area contributed by atoms with Gasteiger partial charge in [-0.1, -0.05) is 11.3 Å². The number of anilines is 1. The Balaban J connectivity index is 2.04. The molecule has 0 aliphatic rings. The molecule has 0 aliphatic carbocycles. The molecule has 1 amide bonds. The molecule has 0 spiro atoms. The molecule has 7 nitrogen and oxygen atoms in total. The van der Waals surface area contributed by atoms with E-state index in [1.807, 2.05) is 0 Å². The van der Waals surface area contributed by atoms with E-state index in [2.05, 4.69) is 25.5 Å². The molecule has 90 valence electrons. The summed E-state index contributed by atoms with van der Waals surface area (Å²) in [5.41, 5.74) is 0. The van der Waals surface area contributed by atoms with Gasteiger partial charge >= 0.3 is 0 Å². The maximum Gasteiger partial charge on any atom is 0.285 e. The highest BCUT2D eigenvalue weighted by Gasteiger charge is 2.17. The van der Waals surface area contributed by atoms with Crippen LogP contribution in [0.3, 0.4) is 0 Å². The first-order valence-corrected chi connectivity index (χ1v) is 5.77. The highest BCUT2D eigenvalue weighted by atomic mass is 32.1. The zero-order valence-electron chi connectivity index (χ0n) is 9.47. The molecule has 17 heavy (non-hydrogen) atoms. The molecule has 0 saturated carbocycles. The fourth-order valence-corrected chi connectivity index (χ4v) is 1.95. The third-order valence-corrected chi connectivity index (χ3v) is 3.04. The lowest BCUT2D eigenvalue weighted by atomic mass is 10.5. The summed E-state index contributed by atoms with van der Waals surface area (Å²) >= 11 is 1.23. The largest absolute Gasteiger partial charge is 0.363 e. The third-order valence-electron chi connectivity index (χ3n) is 2.11. The Bertz CT molecular complexity index is 493. The smallest absolute Gasteiger partial charge is 0.285 e. The molecule has 2 aromatic heterocycles. The van der Waals surface area contributed by atoms with Crippen molar-refractivity contribution in [2.45, 2.75) is 6.54 Å². The van der Waals surface area contributed by atoms with Crippen molar-refractivity contribution in [1.82, 2.24) is 25.1 Å².